The second-order valence-corrected chi connectivity index (χ2v) is 4.72. The van der Waals surface area contributed by atoms with Crippen molar-refractivity contribution >= 4 is 0 Å². The molecule has 1 atom stereocenters. The zero-order chi connectivity index (χ0) is 15.1. The summed E-state index contributed by atoms with van der Waals surface area (Å²) >= 11 is 0. The van der Waals surface area contributed by atoms with Gasteiger partial charge in [-0.1, -0.05) is 13.0 Å². The van der Waals surface area contributed by atoms with Gasteiger partial charge >= 0.3 is 0 Å². The fourth-order valence-corrected chi connectivity index (χ4v) is 2.02. The zero-order valence-corrected chi connectivity index (χ0v) is 12.8. The quantitative estimate of drug-likeness (QED) is 0.693. The summed E-state index contributed by atoms with van der Waals surface area (Å²) in [5, 5.41) is 0. The third-order valence-corrected chi connectivity index (χ3v) is 3.21. The maximum atomic E-state index is 5.78. The summed E-state index contributed by atoms with van der Waals surface area (Å²) in [5.74, 6) is 2.34. The van der Waals surface area contributed by atoms with Crippen molar-refractivity contribution in [3.63, 3.8) is 0 Å². The largest absolute Gasteiger partial charge is 0.493 e. The molecule has 114 valence electrons. The van der Waals surface area contributed by atoms with Crippen LogP contribution in [-0.2, 0) is 17.6 Å². The number of rotatable bonds is 8. The Morgan fingerprint density at radius 2 is 2.05 bits per heavy atom. The fraction of sp³-hybridized carbons (Fsp3) is 0.412. The normalized spacial score (nSPS) is 12.1. The lowest BCUT2D eigenvalue weighted by Crippen LogP contribution is -2.18. The van der Waals surface area contributed by atoms with E-state index in [-0.39, 0.29) is 6.29 Å². The Labute approximate surface area is 125 Å². The Morgan fingerprint density at radius 3 is 2.71 bits per heavy atom. The predicted molar refractivity (Wildman–Crippen MR) is 80.8 cm³/mol. The molecule has 4 nitrogen and oxygen atoms in total. The van der Waals surface area contributed by atoms with Crippen LogP contribution in [0.5, 0.6) is 11.5 Å². The van der Waals surface area contributed by atoms with E-state index in [0.29, 0.717) is 12.4 Å². The molecule has 2 aromatic rings. The zero-order valence-electron chi connectivity index (χ0n) is 12.8. The number of furan rings is 1. The van der Waals surface area contributed by atoms with Gasteiger partial charge in [0.25, 0.3) is 0 Å². The lowest BCUT2D eigenvalue weighted by Gasteiger charge is -2.17. The predicted octanol–water partition coefficient (Wildman–Crippen LogP) is 3.83. The van der Waals surface area contributed by atoms with Crippen LogP contribution in [0.1, 0.15) is 25.2 Å². The molecule has 0 saturated heterocycles. The second-order valence-electron chi connectivity index (χ2n) is 4.72. The van der Waals surface area contributed by atoms with Crippen molar-refractivity contribution in [3.8, 4) is 11.5 Å². The van der Waals surface area contributed by atoms with E-state index in [0.717, 1.165) is 24.4 Å². The van der Waals surface area contributed by atoms with E-state index >= 15 is 0 Å². The molecule has 2 rings (SSSR count). The molecule has 0 aliphatic carbocycles. The van der Waals surface area contributed by atoms with Crippen molar-refractivity contribution in [2.45, 2.75) is 33.0 Å². The van der Waals surface area contributed by atoms with E-state index in [1.165, 1.54) is 5.56 Å². The van der Waals surface area contributed by atoms with Crippen molar-refractivity contribution in [1.82, 2.24) is 0 Å². The second kappa shape index (κ2) is 7.74. The van der Waals surface area contributed by atoms with Crippen molar-refractivity contribution in [1.29, 1.82) is 0 Å². The highest BCUT2D eigenvalue weighted by atomic mass is 16.7. The maximum Gasteiger partial charge on any atom is 0.197 e. The first-order valence-electron chi connectivity index (χ1n) is 7.20. The lowest BCUT2D eigenvalue weighted by molar-refractivity contribution is -0.0672. The molecule has 1 unspecified atom stereocenters. The minimum absolute atomic E-state index is 0.346. The topological polar surface area (TPSA) is 40.8 Å². The third-order valence-electron chi connectivity index (χ3n) is 3.21. The number of hydrogen-bond donors (Lipinski definition) is 0. The van der Waals surface area contributed by atoms with Gasteiger partial charge in [-0.25, -0.2) is 0 Å². The van der Waals surface area contributed by atoms with Crippen LogP contribution in [0, 0.1) is 0 Å². The molecule has 1 aromatic carbocycles. The van der Waals surface area contributed by atoms with Crippen LogP contribution in [-0.4, -0.2) is 20.0 Å². The number of methoxy groups -OCH3 is 1. The van der Waals surface area contributed by atoms with Crippen molar-refractivity contribution in [2.24, 2.45) is 0 Å². The van der Waals surface area contributed by atoms with Crippen LogP contribution in [0.25, 0.3) is 0 Å². The molecule has 1 heterocycles. The molecule has 0 fully saturated rings. The monoisotopic (exact) mass is 290 g/mol. The van der Waals surface area contributed by atoms with Crippen LogP contribution in [0.3, 0.4) is 0 Å². The first-order chi connectivity index (χ1) is 10.2. The number of ether oxygens (including phenoxy) is 3. The van der Waals surface area contributed by atoms with Gasteiger partial charge in [0.1, 0.15) is 5.76 Å². The van der Waals surface area contributed by atoms with Crippen molar-refractivity contribution < 1.29 is 18.6 Å². The standard InChI is InChI=1S/C17H22O4/c1-4-14-7-8-16(17(12-14)18-3)21-13(2)19-11-9-15-6-5-10-20-15/h5-8,10,12-13H,4,9,11H2,1-3H3. The average Bonchev–Trinajstić information content (AvgIpc) is 3.01. The summed E-state index contributed by atoms with van der Waals surface area (Å²) in [5.41, 5.74) is 1.21. The van der Waals surface area contributed by atoms with Gasteiger partial charge in [-0.3, -0.25) is 0 Å². The summed E-state index contributed by atoms with van der Waals surface area (Å²) in [6, 6.07) is 9.75. The number of hydrogen-bond acceptors (Lipinski definition) is 4. The summed E-state index contributed by atoms with van der Waals surface area (Å²) in [6.07, 6.45) is 3.01. The van der Waals surface area contributed by atoms with Gasteiger partial charge in [0.15, 0.2) is 17.8 Å². The van der Waals surface area contributed by atoms with Crippen LogP contribution in [0.4, 0.5) is 0 Å². The fourth-order valence-electron chi connectivity index (χ4n) is 2.02. The lowest BCUT2D eigenvalue weighted by atomic mass is 10.1. The molecule has 0 spiro atoms. The SMILES string of the molecule is CCc1ccc(OC(C)OCCc2ccco2)c(OC)c1. The van der Waals surface area contributed by atoms with E-state index in [2.05, 4.69) is 6.92 Å². The van der Waals surface area contributed by atoms with Gasteiger partial charge in [0.2, 0.25) is 0 Å². The minimum atomic E-state index is -0.346. The number of aryl methyl sites for hydroxylation is 1. The highest BCUT2D eigenvalue weighted by Crippen LogP contribution is 2.29. The molecule has 0 bridgehead atoms. The summed E-state index contributed by atoms with van der Waals surface area (Å²) in [6.45, 7) is 4.52. The molecule has 21 heavy (non-hydrogen) atoms. The van der Waals surface area contributed by atoms with Gasteiger partial charge in [0.05, 0.1) is 20.0 Å². The van der Waals surface area contributed by atoms with Gasteiger partial charge < -0.3 is 18.6 Å². The Morgan fingerprint density at radius 1 is 1.19 bits per heavy atom. The first kappa shape index (κ1) is 15.4. The highest BCUT2D eigenvalue weighted by Gasteiger charge is 2.10. The summed E-state index contributed by atoms with van der Waals surface area (Å²) < 4.78 is 22.0. The van der Waals surface area contributed by atoms with Crippen molar-refractivity contribution in [2.75, 3.05) is 13.7 Å². The summed E-state index contributed by atoms with van der Waals surface area (Å²) in [7, 11) is 1.64. The van der Waals surface area contributed by atoms with Gasteiger partial charge in [0, 0.05) is 6.42 Å². The molecule has 1 aromatic heterocycles. The van der Waals surface area contributed by atoms with Crippen LogP contribution in [0.2, 0.25) is 0 Å². The molecule has 0 aliphatic heterocycles. The van der Waals surface area contributed by atoms with E-state index in [1.54, 1.807) is 13.4 Å². The first-order valence-corrected chi connectivity index (χ1v) is 7.20. The molecule has 4 heteroatoms. The minimum Gasteiger partial charge on any atom is -0.493 e. The van der Waals surface area contributed by atoms with E-state index in [1.807, 2.05) is 37.3 Å². The van der Waals surface area contributed by atoms with Crippen LogP contribution in [0.15, 0.2) is 41.0 Å². The highest BCUT2D eigenvalue weighted by molar-refractivity contribution is 5.43. The van der Waals surface area contributed by atoms with E-state index in [4.69, 9.17) is 18.6 Å². The van der Waals surface area contributed by atoms with E-state index < -0.39 is 0 Å². The maximum absolute atomic E-state index is 5.78. The van der Waals surface area contributed by atoms with Gasteiger partial charge in [-0.05, 0) is 43.2 Å². The molecule has 0 radical (unpaired) electrons. The van der Waals surface area contributed by atoms with Gasteiger partial charge in [-0.2, -0.15) is 0 Å². The molecule has 0 amide bonds. The molecule has 0 aliphatic rings. The van der Waals surface area contributed by atoms with Crippen LogP contribution >= 0.6 is 0 Å². The molecule has 0 saturated carbocycles. The third kappa shape index (κ3) is 4.53. The number of benzene rings is 1. The van der Waals surface area contributed by atoms with Crippen LogP contribution < -0.4 is 9.47 Å². The van der Waals surface area contributed by atoms with Gasteiger partial charge in [-0.15, -0.1) is 0 Å². The van der Waals surface area contributed by atoms with E-state index in [9.17, 15) is 0 Å². The molecule has 0 N–H and O–H groups in total. The Hall–Kier alpha value is -1.94. The van der Waals surface area contributed by atoms with Crippen molar-refractivity contribution in [3.05, 3.63) is 47.9 Å². The molecular weight excluding hydrogens is 268 g/mol. The average molecular weight is 290 g/mol. The Bertz CT molecular complexity index is 534. The Kier molecular flexibility index (Phi) is 5.69. The summed E-state index contributed by atoms with van der Waals surface area (Å²) in [4.78, 5) is 0. The smallest absolute Gasteiger partial charge is 0.197 e. The molecular formula is C17H22O4. The Balaban J connectivity index is 1.85.